The molecule has 2 nitrogen and oxygen atoms in total. The van der Waals surface area contributed by atoms with Crippen LogP contribution in [-0.4, -0.2) is 6.54 Å². The average Bonchev–Trinajstić information content (AvgIpc) is 1.69. The normalized spacial score (nSPS) is 9.14. The van der Waals surface area contributed by atoms with E-state index >= 15 is 0 Å². The predicted octanol–water partition coefficient (Wildman–Crippen LogP) is 0.415. The molecule has 0 aliphatic heterocycles. The van der Waals surface area contributed by atoms with Crippen LogP contribution in [0.5, 0.6) is 0 Å². The van der Waals surface area contributed by atoms with Gasteiger partial charge in [-0.05, 0) is 13.0 Å². The summed E-state index contributed by atoms with van der Waals surface area (Å²) in [6.45, 7) is 0.623. The zero-order chi connectivity index (χ0) is 5.54. The Kier molecular flexibility index (Phi) is 4.59. The molecule has 0 fully saturated rings. The van der Waals surface area contributed by atoms with E-state index in [1.807, 2.05) is 6.07 Å². The maximum absolute atomic E-state index is 7.92. The van der Waals surface area contributed by atoms with E-state index in [2.05, 4.69) is 0 Å². The van der Waals surface area contributed by atoms with Gasteiger partial charge in [-0.15, -0.1) is 0 Å². The summed E-state index contributed by atoms with van der Waals surface area (Å²) in [7, 11) is 0. The molecular formula is C5H8N2. The van der Waals surface area contributed by atoms with Crippen LogP contribution in [0.15, 0.2) is 12.2 Å². The number of nitrogens with zero attached hydrogens (tertiary/aromatic N) is 1. The molecule has 0 heterocycles. The smallest absolute Gasteiger partial charge is 0.0908 e. The van der Waals surface area contributed by atoms with Crippen LogP contribution in [-0.2, 0) is 0 Å². The van der Waals surface area contributed by atoms with Crippen LogP contribution in [0.3, 0.4) is 0 Å². The first-order valence-electron chi connectivity index (χ1n) is 2.16. The molecule has 0 unspecified atom stereocenters. The predicted molar refractivity (Wildman–Crippen MR) is 28.4 cm³/mol. The molecule has 0 radical (unpaired) electrons. The second kappa shape index (κ2) is 5.19. The minimum Gasteiger partial charge on any atom is -0.330 e. The van der Waals surface area contributed by atoms with Crippen LogP contribution >= 0.6 is 0 Å². The number of hydrogen-bond donors (Lipinski definition) is 1. The molecule has 0 amide bonds. The summed E-state index contributed by atoms with van der Waals surface area (Å²) < 4.78 is 0. The summed E-state index contributed by atoms with van der Waals surface area (Å²) >= 11 is 0. The van der Waals surface area contributed by atoms with Crippen molar-refractivity contribution in [1.29, 1.82) is 5.26 Å². The Hall–Kier alpha value is -0.810. The zero-order valence-corrected chi connectivity index (χ0v) is 4.09. The van der Waals surface area contributed by atoms with E-state index in [9.17, 15) is 0 Å². The number of hydrogen-bond acceptors (Lipinski definition) is 2. The second-order valence-corrected chi connectivity index (χ2v) is 1.11. The Morgan fingerprint density at radius 1 is 1.71 bits per heavy atom. The van der Waals surface area contributed by atoms with Crippen molar-refractivity contribution in [2.24, 2.45) is 5.73 Å². The third-order valence-electron chi connectivity index (χ3n) is 0.526. The van der Waals surface area contributed by atoms with Crippen molar-refractivity contribution in [2.75, 3.05) is 6.54 Å². The Balaban J connectivity index is 2.97. The maximum atomic E-state index is 7.92. The van der Waals surface area contributed by atoms with Gasteiger partial charge in [0.1, 0.15) is 0 Å². The average molecular weight is 96.1 g/mol. The maximum Gasteiger partial charge on any atom is 0.0908 e. The standard InChI is InChI=1S/C5H8N2/c6-4-2-1-3-5-7/h1-2H,3,5,7H2. The fourth-order valence-corrected chi connectivity index (χ4v) is 0.232. The summed E-state index contributed by atoms with van der Waals surface area (Å²) in [5.74, 6) is 0. The van der Waals surface area contributed by atoms with Gasteiger partial charge in [-0.1, -0.05) is 6.08 Å². The SMILES string of the molecule is N#CC=CCCN. The van der Waals surface area contributed by atoms with E-state index < -0.39 is 0 Å². The summed E-state index contributed by atoms with van der Waals surface area (Å²) in [6.07, 6.45) is 3.99. The van der Waals surface area contributed by atoms with Crippen molar-refractivity contribution in [3.63, 3.8) is 0 Å². The molecule has 0 rings (SSSR count). The lowest BCUT2D eigenvalue weighted by molar-refractivity contribution is 1.01. The zero-order valence-electron chi connectivity index (χ0n) is 4.09. The minimum absolute atomic E-state index is 0.623. The van der Waals surface area contributed by atoms with E-state index in [1.165, 1.54) is 6.08 Å². The third-order valence-corrected chi connectivity index (χ3v) is 0.526. The molecule has 0 spiro atoms. The van der Waals surface area contributed by atoms with Crippen LogP contribution in [0, 0.1) is 11.3 Å². The van der Waals surface area contributed by atoms with Gasteiger partial charge >= 0.3 is 0 Å². The van der Waals surface area contributed by atoms with Gasteiger partial charge < -0.3 is 5.73 Å². The molecule has 0 aliphatic carbocycles. The molecule has 38 valence electrons. The molecule has 0 bridgehead atoms. The van der Waals surface area contributed by atoms with Crippen LogP contribution in [0.2, 0.25) is 0 Å². The number of allylic oxidation sites excluding steroid dienone is 1. The van der Waals surface area contributed by atoms with Gasteiger partial charge in [-0.2, -0.15) is 5.26 Å². The first-order valence-corrected chi connectivity index (χ1v) is 2.16. The van der Waals surface area contributed by atoms with Gasteiger partial charge in [0.05, 0.1) is 6.07 Å². The van der Waals surface area contributed by atoms with Gasteiger partial charge in [0.15, 0.2) is 0 Å². The topological polar surface area (TPSA) is 49.8 Å². The van der Waals surface area contributed by atoms with E-state index in [1.54, 1.807) is 6.08 Å². The van der Waals surface area contributed by atoms with Crippen LogP contribution in [0.1, 0.15) is 6.42 Å². The van der Waals surface area contributed by atoms with Crippen molar-refractivity contribution >= 4 is 0 Å². The van der Waals surface area contributed by atoms with Crippen LogP contribution in [0.25, 0.3) is 0 Å². The van der Waals surface area contributed by atoms with Gasteiger partial charge in [0.25, 0.3) is 0 Å². The summed E-state index contributed by atoms with van der Waals surface area (Å²) in [6, 6.07) is 1.87. The highest BCUT2D eigenvalue weighted by atomic mass is 14.5. The molecule has 0 aliphatic rings. The number of nitrogens with two attached hydrogens (primary N) is 1. The Labute approximate surface area is 43.2 Å². The quantitative estimate of drug-likeness (QED) is 0.506. The van der Waals surface area contributed by atoms with Crippen molar-refractivity contribution in [3.05, 3.63) is 12.2 Å². The highest BCUT2D eigenvalue weighted by molar-refractivity contribution is 5.01. The molecule has 7 heavy (non-hydrogen) atoms. The largest absolute Gasteiger partial charge is 0.330 e. The molecule has 0 atom stereocenters. The highest BCUT2D eigenvalue weighted by Crippen LogP contribution is 1.74. The van der Waals surface area contributed by atoms with E-state index in [-0.39, 0.29) is 0 Å². The molecule has 0 aromatic heterocycles. The Morgan fingerprint density at radius 2 is 2.43 bits per heavy atom. The first kappa shape index (κ1) is 6.19. The van der Waals surface area contributed by atoms with Gasteiger partial charge in [0.2, 0.25) is 0 Å². The first-order chi connectivity index (χ1) is 3.41. The monoisotopic (exact) mass is 96.1 g/mol. The fourth-order valence-electron chi connectivity index (χ4n) is 0.232. The van der Waals surface area contributed by atoms with Gasteiger partial charge in [-0.25, -0.2) is 0 Å². The lowest BCUT2D eigenvalue weighted by Gasteiger charge is -1.76. The van der Waals surface area contributed by atoms with Crippen molar-refractivity contribution in [1.82, 2.24) is 0 Å². The van der Waals surface area contributed by atoms with Gasteiger partial charge in [-0.3, -0.25) is 0 Å². The van der Waals surface area contributed by atoms with Crippen molar-refractivity contribution < 1.29 is 0 Å². The highest BCUT2D eigenvalue weighted by Gasteiger charge is 1.67. The second-order valence-electron chi connectivity index (χ2n) is 1.11. The van der Waals surface area contributed by atoms with Crippen molar-refractivity contribution in [3.8, 4) is 6.07 Å². The van der Waals surface area contributed by atoms with Crippen LogP contribution in [0.4, 0.5) is 0 Å². The molecule has 0 saturated carbocycles. The summed E-state index contributed by atoms with van der Waals surface area (Å²) in [5, 5.41) is 7.92. The van der Waals surface area contributed by atoms with E-state index in [0.29, 0.717) is 6.54 Å². The molecular weight excluding hydrogens is 88.1 g/mol. The molecule has 2 N–H and O–H groups in total. The number of rotatable bonds is 2. The molecule has 0 saturated heterocycles. The minimum atomic E-state index is 0.623. The number of nitriles is 1. The van der Waals surface area contributed by atoms with E-state index in [4.69, 9.17) is 11.0 Å². The molecule has 0 aromatic carbocycles. The third kappa shape index (κ3) is 5.19. The summed E-state index contributed by atoms with van der Waals surface area (Å²) in [4.78, 5) is 0. The summed E-state index contributed by atoms with van der Waals surface area (Å²) in [5.41, 5.74) is 5.11. The lowest BCUT2D eigenvalue weighted by atomic mass is 10.4. The molecule has 2 heteroatoms. The van der Waals surface area contributed by atoms with E-state index in [0.717, 1.165) is 6.42 Å². The lowest BCUT2D eigenvalue weighted by Crippen LogP contribution is -1.94. The van der Waals surface area contributed by atoms with Crippen LogP contribution < -0.4 is 5.73 Å². The molecule has 0 aromatic rings. The Morgan fingerprint density at radius 3 is 2.86 bits per heavy atom. The fraction of sp³-hybridized carbons (Fsp3) is 0.400. The van der Waals surface area contributed by atoms with Gasteiger partial charge in [0, 0.05) is 6.08 Å². The Bertz CT molecular complexity index is 88.7. The van der Waals surface area contributed by atoms with Crippen molar-refractivity contribution in [2.45, 2.75) is 6.42 Å².